The topological polar surface area (TPSA) is 39.2 Å². The third-order valence-electron chi connectivity index (χ3n) is 2.48. The molecule has 0 fully saturated rings. The lowest BCUT2D eigenvalue weighted by atomic mass is 10.1. The molecular weight excluding hydrogens is 214 g/mol. The van der Waals surface area contributed by atoms with Crippen molar-refractivity contribution in [2.24, 2.45) is 0 Å². The fourth-order valence-electron chi connectivity index (χ4n) is 1.51. The van der Waals surface area contributed by atoms with Gasteiger partial charge < -0.3 is 4.74 Å². The van der Waals surface area contributed by atoms with Gasteiger partial charge in [-0.25, -0.2) is 0 Å². The number of pyridine rings is 1. The number of benzene rings is 1. The molecule has 2 rings (SSSR count). The fourth-order valence-corrected chi connectivity index (χ4v) is 1.51. The molecule has 0 saturated carbocycles. The van der Waals surface area contributed by atoms with Gasteiger partial charge in [0.25, 0.3) is 0 Å². The summed E-state index contributed by atoms with van der Waals surface area (Å²) in [5, 5.41) is 0. The Hall–Kier alpha value is -2.16. The van der Waals surface area contributed by atoms with Crippen LogP contribution in [-0.4, -0.2) is 11.3 Å². The average molecular weight is 227 g/mol. The second-order valence-corrected chi connectivity index (χ2v) is 3.75. The molecule has 1 aromatic carbocycles. The number of carbonyl (C=O) groups is 1. The van der Waals surface area contributed by atoms with E-state index in [-0.39, 0.29) is 0 Å². The third kappa shape index (κ3) is 2.91. The van der Waals surface area contributed by atoms with E-state index in [1.54, 1.807) is 18.3 Å². The van der Waals surface area contributed by atoms with Crippen LogP contribution in [0, 0.1) is 6.92 Å². The zero-order chi connectivity index (χ0) is 12.1. The first-order valence-corrected chi connectivity index (χ1v) is 5.38. The SMILES string of the molecule is Cc1cc(OCc2ccccn2)ccc1C=O. The quantitative estimate of drug-likeness (QED) is 0.754. The molecule has 86 valence electrons. The van der Waals surface area contributed by atoms with E-state index >= 15 is 0 Å². The molecule has 1 heterocycles. The van der Waals surface area contributed by atoms with Crippen LogP contribution < -0.4 is 4.74 Å². The zero-order valence-corrected chi connectivity index (χ0v) is 9.59. The van der Waals surface area contributed by atoms with Crippen molar-refractivity contribution in [3.05, 3.63) is 59.4 Å². The van der Waals surface area contributed by atoms with Crippen LogP contribution in [0.15, 0.2) is 42.6 Å². The van der Waals surface area contributed by atoms with E-state index in [2.05, 4.69) is 4.98 Å². The maximum Gasteiger partial charge on any atom is 0.150 e. The smallest absolute Gasteiger partial charge is 0.150 e. The first-order chi connectivity index (χ1) is 8.29. The minimum Gasteiger partial charge on any atom is -0.487 e. The minimum atomic E-state index is 0.431. The lowest BCUT2D eigenvalue weighted by Gasteiger charge is -2.07. The van der Waals surface area contributed by atoms with Gasteiger partial charge in [-0.15, -0.1) is 0 Å². The van der Waals surface area contributed by atoms with Crippen molar-refractivity contribution in [2.75, 3.05) is 0 Å². The van der Waals surface area contributed by atoms with E-state index < -0.39 is 0 Å². The van der Waals surface area contributed by atoms with Crippen LogP contribution >= 0.6 is 0 Å². The van der Waals surface area contributed by atoms with E-state index in [4.69, 9.17) is 4.74 Å². The van der Waals surface area contributed by atoms with Gasteiger partial charge >= 0.3 is 0 Å². The van der Waals surface area contributed by atoms with Crippen molar-refractivity contribution in [2.45, 2.75) is 13.5 Å². The third-order valence-corrected chi connectivity index (χ3v) is 2.48. The predicted molar refractivity (Wildman–Crippen MR) is 65.1 cm³/mol. The summed E-state index contributed by atoms with van der Waals surface area (Å²) >= 11 is 0. The number of ether oxygens (including phenoxy) is 1. The Labute approximate surface area is 100 Å². The minimum absolute atomic E-state index is 0.431. The summed E-state index contributed by atoms with van der Waals surface area (Å²) in [5.74, 6) is 0.749. The Morgan fingerprint density at radius 2 is 2.18 bits per heavy atom. The molecule has 1 aromatic heterocycles. The van der Waals surface area contributed by atoms with Crippen LogP contribution in [0.1, 0.15) is 21.6 Å². The summed E-state index contributed by atoms with van der Waals surface area (Å²) in [5.41, 5.74) is 2.48. The van der Waals surface area contributed by atoms with E-state index in [1.165, 1.54) is 0 Å². The largest absolute Gasteiger partial charge is 0.487 e. The van der Waals surface area contributed by atoms with E-state index in [0.29, 0.717) is 12.2 Å². The van der Waals surface area contributed by atoms with Gasteiger partial charge in [-0.1, -0.05) is 6.07 Å². The van der Waals surface area contributed by atoms with Crippen LogP contribution in [0.2, 0.25) is 0 Å². The summed E-state index contributed by atoms with van der Waals surface area (Å²) < 4.78 is 5.59. The van der Waals surface area contributed by atoms with Crippen LogP contribution in [-0.2, 0) is 6.61 Å². The van der Waals surface area contributed by atoms with E-state index in [9.17, 15) is 4.79 Å². The van der Waals surface area contributed by atoms with Crippen LogP contribution in [0.3, 0.4) is 0 Å². The number of rotatable bonds is 4. The molecule has 0 aliphatic heterocycles. The Bertz CT molecular complexity index is 509. The van der Waals surface area contributed by atoms with Crippen molar-refractivity contribution in [3.63, 3.8) is 0 Å². The molecule has 17 heavy (non-hydrogen) atoms. The molecule has 0 amide bonds. The summed E-state index contributed by atoms with van der Waals surface area (Å²) in [6.45, 7) is 2.32. The highest BCUT2D eigenvalue weighted by atomic mass is 16.5. The monoisotopic (exact) mass is 227 g/mol. The maximum atomic E-state index is 10.7. The molecule has 0 saturated heterocycles. The number of nitrogens with zero attached hydrogens (tertiary/aromatic N) is 1. The molecule has 0 atom stereocenters. The fraction of sp³-hybridized carbons (Fsp3) is 0.143. The summed E-state index contributed by atoms with van der Waals surface area (Å²) in [4.78, 5) is 14.8. The van der Waals surface area contributed by atoms with Gasteiger partial charge in [0.05, 0.1) is 5.69 Å². The molecule has 3 nitrogen and oxygen atoms in total. The van der Waals surface area contributed by atoms with E-state index in [0.717, 1.165) is 23.3 Å². The van der Waals surface area contributed by atoms with Crippen LogP contribution in [0.25, 0.3) is 0 Å². The Morgan fingerprint density at radius 1 is 1.29 bits per heavy atom. The molecule has 0 bridgehead atoms. The molecule has 2 aromatic rings. The highest BCUT2D eigenvalue weighted by molar-refractivity contribution is 5.77. The Kier molecular flexibility index (Phi) is 3.50. The number of aldehydes is 1. The van der Waals surface area contributed by atoms with Gasteiger partial charge in [-0.3, -0.25) is 9.78 Å². The number of aryl methyl sites for hydroxylation is 1. The molecule has 0 aliphatic rings. The van der Waals surface area contributed by atoms with Crippen molar-refractivity contribution in [1.82, 2.24) is 4.98 Å². The number of hydrogen-bond acceptors (Lipinski definition) is 3. The zero-order valence-electron chi connectivity index (χ0n) is 9.59. The highest BCUT2D eigenvalue weighted by Crippen LogP contribution is 2.16. The lowest BCUT2D eigenvalue weighted by molar-refractivity contribution is 0.112. The first-order valence-electron chi connectivity index (χ1n) is 5.38. The number of aromatic nitrogens is 1. The van der Waals surface area contributed by atoms with Crippen LogP contribution in [0.5, 0.6) is 5.75 Å². The number of carbonyl (C=O) groups excluding carboxylic acids is 1. The van der Waals surface area contributed by atoms with Gasteiger partial charge in [0.2, 0.25) is 0 Å². The van der Waals surface area contributed by atoms with Crippen molar-refractivity contribution in [3.8, 4) is 5.75 Å². The van der Waals surface area contributed by atoms with Crippen molar-refractivity contribution < 1.29 is 9.53 Å². The molecular formula is C14H13NO2. The van der Waals surface area contributed by atoms with Crippen molar-refractivity contribution in [1.29, 1.82) is 0 Å². The van der Waals surface area contributed by atoms with Crippen molar-refractivity contribution >= 4 is 6.29 Å². The average Bonchev–Trinajstić information content (AvgIpc) is 2.38. The summed E-state index contributed by atoms with van der Waals surface area (Å²) in [6.07, 6.45) is 2.58. The maximum absolute atomic E-state index is 10.7. The second kappa shape index (κ2) is 5.25. The van der Waals surface area contributed by atoms with Gasteiger partial charge in [-0.2, -0.15) is 0 Å². The molecule has 0 unspecified atom stereocenters. The molecule has 0 radical (unpaired) electrons. The lowest BCUT2D eigenvalue weighted by Crippen LogP contribution is -1.98. The Morgan fingerprint density at radius 3 is 2.82 bits per heavy atom. The van der Waals surface area contributed by atoms with Gasteiger partial charge in [-0.05, 0) is 42.8 Å². The Balaban J connectivity index is 2.05. The summed E-state index contributed by atoms with van der Waals surface area (Å²) in [6, 6.07) is 11.1. The standard InChI is InChI=1S/C14H13NO2/c1-11-8-14(6-5-12(11)9-16)17-10-13-4-2-3-7-15-13/h2-9H,10H2,1H3. The molecule has 0 aliphatic carbocycles. The summed E-state index contributed by atoms with van der Waals surface area (Å²) in [7, 11) is 0. The molecule has 3 heteroatoms. The van der Waals surface area contributed by atoms with Gasteiger partial charge in [0.15, 0.2) is 0 Å². The molecule has 0 N–H and O–H groups in total. The number of hydrogen-bond donors (Lipinski definition) is 0. The molecule has 0 spiro atoms. The second-order valence-electron chi connectivity index (χ2n) is 3.75. The van der Waals surface area contributed by atoms with Gasteiger partial charge in [0, 0.05) is 11.8 Å². The van der Waals surface area contributed by atoms with Crippen LogP contribution in [0.4, 0.5) is 0 Å². The first kappa shape index (κ1) is 11.3. The highest BCUT2D eigenvalue weighted by Gasteiger charge is 2.00. The normalized spacial score (nSPS) is 9.94. The predicted octanol–water partition coefficient (Wildman–Crippen LogP) is 2.78. The van der Waals surface area contributed by atoms with E-state index in [1.807, 2.05) is 31.2 Å². The van der Waals surface area contributed by atoms with Gasteiger partial charge in [0.1, 0.15) is 18.6 Å².